The quantitative estimate of drug-likeness (QED) is 0.538. The van der Waals surface area contributed by atoms with Crippen LogP contribution in [0.1, 0.15) is 6.92 Å². The summed E-state index contributed by atoms with van der Waals surface area (Å²) >= 11 is 0. The summed E-state index contributed by atoms with van der Waals surface area (Å²) in [6, 6.07) is -0.180. The molecule has 8 heavy (non-hydrogen) atoms. The van der Waals surface area contributed by atoms with Crippen molar-refractivity contribution >= 4 is 8.25 Å². The molecular weight excluding hydrogens is 129 g/mol. The lowest BCUT2D eigenvalue weighted by Crippen LogP contribution is -2.19. The average Bonchev–Trinajstić information content (AvgIpc) is 1.61. The van der Waals surface area contributed by atoms with Gasteiger partial charge in [-0.15, -0.1) is 9.42 Å². The minimum Gasteiger partial charge on any atom is -0.326 e. The van der Waals surface area contributed by atoms with Crippen LogP contribution in [0.5, 0.6) is 0 Å². The molecule has 0 aliphatic rings. The topological polar surface area (TPSA) is 72.5 Å². The lowest BCUT2D eigenvalue weighted by molar-refractivity contribution is 0.267. The number of rotatable bonds is 3. The van der Waals surface area contributed by atoms with E-state index in [0.29, 0.717) is 0 Å². The second-order valence-corrected chi connectivity index (χ2v) is 2.24. The maximum Gasteiger partial charge on any atom is 0.694 e. The van der Waals surface area contributed by atoms with Crippen LogP contribution in [0.2, 0.25) is 0 Å². The molecule has 0 fully saturated rings. The fraction of sp³-hybridized carbons (Fsp3) is 1.00. The third-order valence-electron chi connectivity index (χ3n) is 0.448. The molecule has 3 N–H and O–H groups in total. The number of hydrogen-bond donors (Lipinski definition) is 2. The summed E-state index contributed by atoms with van der Waals surface area (Å²) in [6.07, 6.45) is 0. The highest BCUT2D eigenvalue weighted by Crippen LogP contribution is 2.13. The fourth-order valence-electron chi connectivity index (χ4n) is 0.181. The van der Waals surface area contributed by atoms with Crippen LogP contribution in [0, 0.1) is 0 Å². The van der Waals surface area contributed by atoms with E-state index in [0.717, 1.165) is 0 Å². The molecular formula is C3H9NO3P+. The SMILES string of the molecule is CC(N)CO[P+](=O)O. The Morgan fingerprint density at radius 1 is 2.00 bits per heavy atom. The Labute approximate surface area is 48.6 Å². The summed E-state index contributed by atoms with van der Waals surface area (Å²) in [4.78, 5) is 8.03. The van der Waals surface area contributed by atoms with Gasteiger partial charge in [-0.05, 0) is 6.92 Å². The highest BCUT2D eigenvalue weighted by atomic mass is 31.1. The molecule has 5 heteroatoms. The van der Waals surface area contributed by atoms with Crippen LogP contribution in [0.25, 0.3) is 0 Å². The van der Waals surface area contributed by atoms with E-state index < -0.39 is 8.25 Å². The average molecular weight is 138 g/mol. The molecule has 2 atom stereocenters. The van der Waals surface area contributed by atoms with E-state index in [9.17, 15) is 4.57 Å². The molecule has 0 aromatic rings. The van der Waals surface area contributed by atoms with Crippen molar-refractivity contribution in [1.29, 1.82) is 0 Å². The van der Waals surface area contributed by atoms with Gasteiger partial charge in [-0.2, -0.15) is 0 Å². The predicted octanol–water partition coefficient (Wildman–Crippen LogP) is -0.0001000. The van der Waals surface area contributed by atoms with Crippen molar-refractivity contribution in [2.75, 3.05) is 6.61 Å². The van der Waals surface area contributed by atoms with Crippen molar-refractivity contribution in [3.05, 3.63) is 0 Å². The molecule has 0 saturated carbocycles. The molecule has 0 amide bonds. The van der Waals surface area contributed by atoms with Crippen LogP contribution in [0.4, 0.5) is 0 Å². The van der Waals surface area contributed by atoms with Gasteiger partial charge in [0.05, 0.1) is 0 Å². The molecule has 0 aromatic heterocycles. The largest absolute Gasteiger partial charge is 0.694 e. The molecule has 48 valence electrons. The molecule has 0 saturated heterocycles. The summed E-state index contributed by atoms with van der Waals surface area (Å²) in [7, 11) is -2.46. The van der Waals surface area contributed by atoms with Crippen LogP contribution in [0.15, 0.2) is 0 Å². The Morgan fingerprint density at radius 2 is 2.50 bits per heavy atom. The highest BCUT2D eigenvalue weighted by Gasteiger charge is 2.11. The van der Waals surface area contributed by atoms with Gasteiger partial charge >= 0.3 is 8.25 Å². The van der Waals surface area contributed by atoms with E-state index in [1.54, 1.807) is 6.92 Å². The van der Waals surface area contributed by atoms with Gasteiger partial charge in [-0.1, -0.05) is 0 Å². The summed E-state index contributed by atoms with van der Waals surface area (Å²) in [5.74, 6) is 0. The van der Waals surface area contributed by atoms with Crippen molar-refractivity contribution < 1.29 is 14.0 Å². The van der Waals surface area contributed by atoms with E-state index in [1.165, 1.54) is 0 Å². The molecule has 0 aromatic carbocycles. The highest BCUT2D eigenvalue weighted by molar-refractivity contribution is 7.32. The Bertz CT molecular complexity index is 84.6. The zero-order chi connectivity index (χ0) is 6.57. The minimum atomic E-state index is -2.46. The van der Waals surface area contributed by atoms with Crippen molar-refractivity contribution in [1.82, 2.24) is 0 Å². The monoisotopic (exact) mass is 138 g/mol. The summed E-state index contributed by atoms with van der Waals surface area (Å²) in [5.41, 5.74) is 5.18. The first-order chi connectivity index (χ1) is 3.63. The first-order valence-corrected chi connectivity index (χ1v) is 3.30. The van der Waals surface area contributed by atoms with E-state index >= 15 is 0 Å². The van der Waals surface area contributed by atoms with Gasteiger partial charge in [0, 0.05) is 10.6 Å². The molecule has 4 nitrogen and oxygen atoms in total. The second-order valence-electron chi connectivity index (χ2n) is 1.51. The van der Waals surface area contributed by atoms with Crippen LogP contribution in [-0.4, -0.2) is 17.5 Å². The van der Waals surface area contributed by atoms with Crippen molar-refractivity contribution in [2.24, 2.45) is 5.73 Å². The fourth-order valence-corrected chi connectivity index (χ4v) is 0.544. The molecule has 0 radical (unpaired) electrons. The predicted molar refractivity (Wildman–Crippen MR) is 29.4 cm³/mol. The summed E-state index contributed by atoms with van der Waals surface area (Å²) in [5, 5.41) is 0. The first kappa shape index (κ1) is 7.98. The number of hydrogen-bond acceptors (Lipinski definition) is 3. The van der Waals surface area contributed by atoms with Gasteiger partial charge in [-0.3, -0.25) is 0 Å². The van der Waals surface area contributed by atoms with Crippen LogP contribution < -0.4 is 5.73 Å². The Kier molecular flexibility index (Phi) is 3.91. The van der Waals surface area contributed by atoms with Crippen molar-refractivity contribution in [3.63, 3.8) is 0 Å². The zero-order valence-corrected chi connectivity index (χ0v) is 5.47. The maximum atomic E-state index is 9.77. The van der Waals surface area contributed by atoms with Gasteiger partial charge in [0.2, 0.25) is 0 Å². The third kappa shape index (κ3) is 5.98. The smallest absolute Gasteiger partial charge is 0.326 e. The normalized spacial score (nSPS) is 15.6. The molecule has 0 rings (SSSR count). The Morgan fingerprint density at radius 3 is 2.62 bits per heavy atom. The first-order valence-electron chi connectivity index (χ1n) is 2.17. The van der Waals surface area contributed by atoms with E-state index in [4.69, 9.17) is 10.6 Å². The summed E-state index contributed by atoms with van der Waals surface area (Å²) in [6.45, 7) is 1.82. The molecule has 0 spiro atoms. The minimum absolute atomic E-state index is 0.131. The molecule has 0 aliphatic carbocycles. The van der Waals surface area contributed by atoms with E-state index in [2.05, 4.69) is 4.52 Å². The van der Waals surface area contributed by atoms with Crippen LogP contribution >= 0.6 is 8.25 Å². The number of nitrogens with two attached hydrogens (primary N) is 1. The molecule has 2 unspecified atom stereocenters. The Balaban J connectivity index is 3.05. The van der Waals surface area contributed by atoms with Crippen LogP contribution in [-0.2, 0) is 9.09 Å². The van der Waals surface area contributed by atoms with Crippen molar-refractivity contribution in [3.8, 4) is 0 Å². The van der Waals surface area contributed by atoms with Gasteiger partial charge in [0.1, 0.15) is 6.61 Å². The zero-order valence-electron chi connectivity index (χ0n) is 4.57. The lowest BCUT2D eigenvalue weighted by Gasteiger charge is -1.93. The molecule has 0 bridgehead atoms. The lowest BCUT2D eigenvalue weighted by atomic mass is 10.4. The van der Waals surface area contributed by atoms with Gasteiger partial charge in [0.25, 0.3) is 0 Å². The van der Waals surface area contributed by atoms with E-state index in [1.807, 2.05) is 0 Å². The van der Waals surface area contributed by atoms with Gasteiger partial charge in [0.15, 0.2) is 0 Å². The molecule has 0 aliphatic heterocycles. The van der Waals surface area contributed by atoms with Crippen molar-refractivity contribution in [2.45, 2.75) is 13.0 Å². The van der Waals surface area contributed by atoms with Gasteiger partial charge < -0.3 is 5.73 Å². The second kappa shape index (κ2) is 3.92. The van der Waals surface area contributed by atoms with Gasteiger partial charge in [-0.25, -0.2) is 0 Å². The maximum absolute atomic E-state index is 9.77. The summed E-state index contributed by atoms with van der Waals surface area (Å²) < 4.78 is 14.0. The Hall–Kier alpha value is -0.0200. The van der Waals surface area contributed by atoms with E-state index in [-0.39, 0.29) is 12.6 Å². The van der Waals surface area contributed by atoms with Crippen LogP contribution in [0.3, 0.4) is 0 Å². The molecule has 0 heterocycles. The third-order valence-corrected chi connectivity index (χ3v) is 0.818. The standard InChI is InChI=1S/C3H8NO3P/c1-3(4)2-7-8(5)6/h3H,2,4H2,1H3/p+1.